The third-order valence-electron chi connectivity index (χ3n) is 1.17. The van der Waals surface area contributed by atoms with Crippen molar-refractivity contribution in [2.45, 2.75) is 6.92 Å². The predicted molar refractivity (Wildman–Crippen MR) is 47.1 cm³/mol. The first-order valence-corrected chi connectivity index (χ1v) is 3.81. The normalized spacial score (nSPS) is 9.27. The van der Waals surface area contributed by atoms with Crippen LogP contribution >= 0.6 is 9.24 Å². The summed E-state index contributed by atoms with van der Waals surface area (Å²) >= 11 is 0. The maximum Gasteiger partial charge on any atom is 0.308 e. The number of carbonyl (C=O) groups excluding carboxylic acids is 1. The number of esters is 1. The fraction of sp³-hybridized carbons (Fsp3) is 0.125. The van der Waals surface area contributed by atoms with Gasteiger partial charge in [-0.1, -0.05) is 18.2 Å². The number of hydrogen-bond donors (Lipinski definition) is 0. The van der Waals surface area contributed by atoms with Crippen LogP contribution in [0.3, 0.4) is 0 Å². The molecule has 0 saturated heterocycles. The minimum absolute atomic E-state index is 0.292. The van der Waals surface area contributed by atoms with Gasteiger partial charge in [0.2, 0.25) is 0 Å². The van der Waals surface area contributed by atoms with Gasteiger partial charge in [-0.15, -0.1) is 9.24 Å². The van der Waals surface area contributed by atoms with E-state index in [1.807, 2.05) is 18.2 Å². The molecule has 0 heterocycles. The molecule has 0 aromatic heterocycles. The number of benzene rings is 1. The molecule has 3 heteroatoms. The first-order chi connectivity index (χ1) is 5.20. The number of carbonyl (C=O) groups is 1. The largest absolute Gasteiger partial charge is 0.426 e. The van der Waals surface area contributed by atoms with Crippen LogP contribution in [0.4, 0.5) is 0 Å². The van der Waals surface area contributed by atoms with Crippen LogP contribution in [-0.4, -0.2) is 5.97 Å². The maximum atomic E-state index is 10.5. The van der Waals surface area contributed by atoms with Gasteiger partial charge in [-0.25, -0.2) is 0 Å². The van der Waals surface area contributed by atoms with Crippen LogP contribution in [0.5, 0.6) is 5.75 Å². The van der Waals surface area contributed by atoms with Crippen molar-refractivity contribution >= 4 is 20.5 Å². The molecule has 1 atom stereocenters. The van der Waals surface area contributed by atoms with Gasteiger partial charge < -0.3 is 4.74 Å². The van der Waals surface area contributed by atoms with Gasteiger partial charge in [-0.3, -0.25) is 4.79 Å². The smallest absolute Gasteiger partial charge is 0.308 e. The first kappa shape index (κ1) is 8.22. The van der Waals surface area contributed by atoms with Crippen molar-refractivity contribution in [2.24, 2.45) is 0 Å². The molecule has 0 bridgehead atoms. The standard InChI is InChI=1S/C8H9O2P/c1-6(9)10-7-4-2-3-5-8(7)11/h2-5H,11H2,1H3. The second kappa shape index (κ2) is 3.49. The minimum atomic E-state index is -0.292. The Balaban J connectivity index is 2.86. The average Bonchev–Trinajstić information content (AvgIpc) is 1.93. The summed E-state index contributed by atoms with van der Waals surface area (Å²) in [5.41, 5.74) is 0. The van der Waals surface area contributed by atoms with Gasteiger partial charge in [0.05, 0.1) is 0 Å². The lowest BCUT2D eigenvalue weighted by Gasteiger charge is -2.02. The summed E-state index contributed by atoms with van der Waals surface area (Å²) in [6.07, 6.45) is 0. The molecule has 0 radical (unpaired) electrons. The van der Waals surface area contributed by atoms with E-state index in [0.29, 0.717) is 5.75 Å². The molecule has 0 saturated carbocycles. The second-order valence-corrected chi connectivity index (χ2v) is 2.75. The lowest BCUT2D eigenvalue weighted by atomic mass is 10.3. The van der Waals surface area contributed by atoms with Gasteiger partial charge in [0, 0.05) is 12.2 Å². The van der Waals surface area contributed by atoms with Gasteiger partial charge in [-0.2, -0.15) is 0 Å². The van der Waals surface area contributed by atoms with Crippen molar-refractivity contribution in [3.63, 3.8) is 0 Å². The monoisotopic (exact) mass is 168 g/mol. The van der Waals surface area contributed by atoms with Crippen LogP contribution in [0.1, 0.15) is 6.92 Å². The third kappa shape index (κ3) is 2.32. The fourth-order valence-electron chi connectivity index (χ4n) is 0.728. The summed E-state index contributed by atoms with van der Waals surface area (Å²) in [6, 6.07) is 7.33. The molecular weight excluding hydrogens is 159 g/mol. The van der Waals surface area contributed by atoms with Crippen LogP contribution < -0.4 is 10.0 Å². The average molecular weight is 168 g/mol. The van der Waals surface area contributed by atoms with E-state index in [1.165, 1.54) is 6.92 Å². The second-order valence-electron chi connectivity index (χ2n) is 2.13. The Morgan fingerprint density at radius 1 is 1.45 bits per heavy atom. The highest BCUT2D eigenvalue weighted by atomic mass is 31.0. The van der Waals surface area contributed by atoms with Gasteiger partial charge >= 0.3 is 5.97 Å². The van der Waals surface area contributed by atoms with E-state index in [1.54, 1.807) is 6.07 Å². The van der Waals surface area contributed by atoms with Crippen LogP contribution in [-0.2, 0) is 4.79 Å². The third-order valence-corrected chi connectivity index (χ3v) is 1.65. The van der Waals surface area contributed by atoms with Crippen LogP contribution in [0.2, 0.25) is 0 Å². The molecule has 0 N–H and O–H groups in total. The number of hydrogen-bond acceptors (Lipinski definition) is 2. The predicted octanol–water partition coefficient (Wildman–Crippen LogP) is 1.11. The van der Waals surface area contributed by atoms with E-state index in [9.17, 15) is 4.79 Å². The zero-order chi connectivity index (χ0) is 8.27. The summed E-state index contributed by atoms with van der Waals surface area (Å²) in [5, 5.41) is 0.891. The summed E-state index contributed by atoms with van der Waals surface area (Å²) in [7, 11) is 2.50. The van der Waals surface area contributed by atoms with Crippen LogP contribution in [0.25, 0.3) is 0 Å². The lowest BCUT2D eigenvalue weighted by molar-refractivity contribution is -0.131. The molecule has 0 aliphatic carbocycles. The molecule has 58 valence electrons. The molecule has 1 rings (SSSR count). The van der Waals surface area contributed by atoms with Crippen molar-refractivity contribution < 1.29 is 9.53 Å². The highest BCUT2D eigenvalue weighted by Gasteiger charge is 1.99. The van der Waals surface area contributed by atoms with Gasteiger partial charge in [0.1, 0.15) is 5.75 Å². The van der Waals surface area contributed by atoms with E-state index in [4.69, 9.17) is 4.74 Å². The Bertz CT molecular complexity index is 271. The highest BCUT2D eigenvalue weighted by molar-refractivity contribution is 7.27. The van der Waals surface area contributed by atoms with Crippen molar-refractivity contribution in [2.75, 3.05) is 0 Å². The molecule has 0 amide bonds. The van der Waals surface area contributed by atoms with E-state index in [2.05, 4.69) is 9.24 Å². The first-order valence-electron chi connectivity index (χ1n) is 3.23. The zero-order valence-electron chi connectivity index (χ0n) is 6.20. The quantitative estimate of drug-likeness (QED) is 0.356. The Morgan fingerprint density at radius 3 is 2.64 bits per heavy atom. The lowest BCUT2D eigenvalue weighted by Crippen LogP contribution is -2.07. The SMILES string of the molecule is CC(=O)Oc1ccccc1P. The van der Waals surface area contributed by atoms with Crippen molar-refractivity contribution in [1.29, 1.82) is 0 Å². The van der Waals surface area contributed by atoms with Crippen molar-refractivity contribution in [3.05, 3.63) is 24.3 Å². The van der Waals surface area contributed by atoms with Crippen LogP contribution in [0, 0.1) is 0 Å². The van der Waals surface area contributed by atoms with Gasteiger partial charge in [-0.05, 0) is 6.07 Å². The molecular formula is C8H9O2P. The molecule has 0 aliphatic rings. The van der Waals surface area contributed by atoms with Crippen molar-refractivity contribution in [1.82, 2.24) is 0 Å². The van der Waals surface area contributed by atoms with Crippen LogP contribution in [0.15, 0.2) is 24.3 Å². The van der Waals surface area contributed by atoms with E-state index < -0.39 is 0 Å². The summed E-state index contributed by atoms with van der Waals surface area (Å²) < 4.78 is 4.89. The molecule has 0 fully saturated rings. The minimum Gasteiger partial charge on any atom is -0.426 e. The number of rotatable bonds is 1. The van der Waals surface area contributed by atoms with E-state index in [0.717, 1.165) is 5.30 Å². The Hall–Kier alpha value is -0.880. The molecule has 1 aromatic rings. The molecule has 1 unspecified atom stereocenters. The molecule has 1 aromatic carbocycles. The Labute approximate surface area is 67.8 Å². The van der Waals surface area contributed by atoms with Gasteiger partial charge in [0.15, 0.2) is 0 Å². The van der Waals surface area contributed by atoms with Gasteiger partial charge in [0.25, 0.3) is 0 Å². The number of ether oxygens (including phenoxy) is 1. The molecule has 0 aliphatic heterocycles. The maximum absolute atomic E-state index is 10.5. The molecule has 2 nitrogen and oxygen atoms in total. The van der Waals surface area contributed by atoms with E-state index in [-0.39, 0.29) is 5.97 Å². The number of para-hydroxylation sites is 1. The highest BCUT2D eigenvalue weighted by Crippen LogP contribution is 2.09. The van der Waals surface area contributed by atoms with Crippen molar-refractivity contribution in [3.8, 4) is 5.75 Å². The molecule has 0 spiro atoms. The van der Waals surface area contributed by atoms with E-state index >= 15 is 0 Å². The summed E-state index contributed by atoms with van der Waals surface area (Å²) in [5.74, 6) is 0.310. The summed E-state index contributed by atoms with van der Waals surface area (Å²) in [6.45, 7) is 1.39. The zero-order valence-corrected chi connectivity index (χ0v) is 7.36. The fourth-order valence-corrected chi connectivity index (χ4v) is 0.995. The Kier molecular flexibility index (Phi) is 2.61. The topological polar surface area (TPSA) is 26.3 Å². The molecule has 11 heavy (non-hydrogen) atoms. The Morgan fingerprint density at radius 2 is 2.09 bits per heavy atom. The summed E-state index contributed by atoms with van der Waals surface area (Å²) in [4.78, 5) is 10.5.